The molecule has 130 valence electrons. The van der Waals surface area contributed by atoms with Crippen molar-refractivity contribution in [1.29, 1.82) is 0 Å². The summed E-state index contributed by atoms with van der Waals surface area (Å²) in [6, 6.07) is 13.7. The van der Waals surface area contributed by atoms with Crippen molar-refractivity contribution in [3.63, 3.8) is 0 Å². The smallest absolute Gasteiger partial charge is 0.181 e. The molecule has 0 amide bonds. The maximum Gasteiger partial charge on any atom is 0.181 e. The molecule has 0 aliphatic carbocycles. The first-order valence-corrected chi connectivity index (χ1v) is 8.26. The number of ketones is 1. The predicted octanol–water partition coefficient (Wildman–Crippen LogP) is 3.89. The number of nitrogens with one attached hydrogen (secondary N) is 1. The van der Waals surface area contributed by atoms with Crippen LogP contribution < -0.4 is 4.74 Å². The molecule has 0 radical (unpaired) electrons. The molecule has 0 saturated heterocycles. The van der Waals surface area contributed by atoms with Gasteiger partial charge in [-0.15, -0.1) is 0 Å². The summed E-state index contributed by atoms with van der Waals surface area (Å²) in [6.45, 7) is 2.69. The van der Waals surface area contributed by atoms with Gasteiger partial charge in [-0.1, -0.05) is 30.3 Å². The third-order valence-electron chi connectivity index (χ3n) is 4.43. The lowest BCUT2D eigenvalue weighted by Crippen LogP contribution is -2.38. The highest BCUT2D eigenvalue weighted by molar-refractivity contribution is 6.10. The first-order valence-electron chi connectivity index (χ1n) is 8.26. The molecule has 2 aromatic carbocycles. The van der Waals surface area contributed by atoms with Crippen LogP contribution in [0.5, 0.6) is 5.75 Å². The summed E-state index contributed by atoms with van der Waals surface area (Å²) in [6.07, 6.45) is 1.76. The van der Waals surface area contributed by atoms with Crippen LogP contribution >= 0.6 is 0 Å². The van der Waals surface area contributed by atoms with Crippen LogP contribution in [0.4, 0.5) is 4.39 Å². The zero-order valence-electron chi connectivity index (χ0n) is 14.3. The van der Waals surface area contributed by atoms with E-state index in [9.17, 15) is 9.18 Å². The van der Waals surface area contributed by atoms with Crippen molar-refractivity contribution in [2.24, 2.45) is 0 Å². The Hall–Kier alpha value is -2.66. The molecule has 1 atom stereocenters. The summed E-state index contributed by atoms with van der Waals surface area (Å²) in [5.41, 5.74) is 1.63. The molecule has 5 heteroatoms. The highest BCUT2D eigenvalue weighted by Crippen LogP contribution is 2.20. The number of ether oxygens (including phenoxy) is 1. The fourth-order valence-corrected chi connectivity index (χ4v) is 2.76. The molecule has 1 heterocycles. The number of H-pyrrole nitrogens is 1. The number of carbonyl (C=O) groups excluding carboxylic acids is 1. The number of halogens is 1. The molecule has 4 nitrogen and oxygen atoms in total. The normalized spacial score (nSPS) is 12.5. The van der Waals surface area contributed by atoms with Gasteiger partial charge in [0.05, 0.1) is 6.04 Å². The van der Waals surface area contributed by atoms with Crippen LogP contribution in [0.15, 0.2) is 54.7 Å². The summed E-state index contributed by atoms with van der Waals surface area (Å²) in [4.78, 5) is 17.8. The van der Waals surface area contributed by atoms with Gasteiger partial charge in [-0.3, -0.25) is 9.69 Å². The number of hydrogen-bond donors (Lipinski definition) is 1. The maximum absolute atomic E-state index is 13.5. The number of nitrogens with zero attached hydrogens (tertiary/aromatic N) is 1. The van der Waals surface area contributed by atoms with Gasteiger partial charge in [0.2, 0.25) is 0 Å². The Balaban J connectivity index is 1.61. The third kappa shape index (κ3) is 3.72. The van der Waals surface area contributed by atoms with Gasteiger partial charge in [-0.2, -0.15) is 0 Å². The van der Waals surface area contributed by atoms with Crippen LogP contribution in [-0.2, 0) is 0 Å². The molecular weight excluding hydrogens is 319 g/mol. The van der Waals surface area contributed by atoms with Crippen molar-refractivity contribution in [3.8, 4) is 5.75 Å². The molecule has 3 rings (SSSR count). The summed E-state index contributed by atoms with van der Waals surface area (Å²) in [7, 11) is 1.86. The summed E-state index contributed by atoms with van der Waals surface area (Å²) in [5, 5.41) is 0.926. The molecular formula is C20H21FN2O2. The van der Waals surface area contributed by atoms with Crippen LogP contribution in [-0.4, -0.2) is 41.9 Å². The van der Waals surface area contributed by atoms with Crippen molar-refractivity contribution < 1.29 is 13.9 Å². The van der Waals surface area contributed by atoms with Crippen molar-refractivity contribution in [3.05, 3.63) is 66.1 Å². The second-order valence-corrected chi connectivity index (χ2v) is 6.05. The van der Waals surface area contributed by atoms with Gasteiger partial charge in [0, 0.05) is 29.2 Å². The van der Waals surface area contributed by atoms with Crippen LogP contribution in [0.2, 0.25) is 0 Å². The van der Waals surface area contributed by atoms with Gasteiger partial charge in [0.15, 0.2) is 17.3 Å². The quantitative estimate of drug-likeness (QED) is 0.664. The minimum atomic E-state index is -0.381. The number of carbonyl (C=O) groups is 1. The summed E-state index contributed by atoms with van der Waals surface area (Å²) in [5.74, 6) is -0.106. The average molecular weight is 340 g/mol. The highest BCUT2D eigenvalue weighted by Gasteiger charge is 2.22. The van der Waals surface area contributed by atoms with E-state index in [4.69, 9.17) is 4.74 Å². The number of fused-ring (bicyclic) bond motifs is 1. The van der Waals surface area contributed by atoms with E-state index >= 15 is 0 Å². The second kappa shape index (κ2) is 7.49. The Kier molecular flexibility index (Phi) is 5.14. The summed E-state index contributed by atoms with van der Waals surface area (Å²) < 4.78 is 19.0. The topological polar surface area (TPSA) is 45.3 Å². The van der Waals surface area contributed by atoms with E-state index in [1.807, 2.05) is 43.1 Å². The maximum atomic E-state index is 13.5. The van der Waals surface area contributed by atoms with E-state index in [1.54, 1.807) is 24.4 Å². The van der Waals surface area contributed by atoms with Gasteiger partial charge in [-0.05, 0) is 32.2 Å². The molecule has 0 spiro atoms. The number of benzene rings is 2. The van der Waals surface area contributed by atoms with E-state index in [1.165, 1.54) is 6.07 Å². The fourth-order valence-electron chi connectivity index (χ4n) is 2.76. The fraction of sp³-hybridized carbons (Fsp3) is 0.250. The Morgan fingerprint density at radius 1 is 1.20 bits per heavy atom. The monoisotopic (exact) mass is 340 g/mol. The molecule has 0 bridgehead atoms. The zero-order valence-corrected chi connectivity index (χ0v) is 14.3. The Bertz CT molecular complexity index is 875. The van der Waals surface area contributed by atoms with Gasteiger partial charge in [0.1, 0.15) is 6.61 Å². The van der Waals surface area contributed by atoms with Crippen molar-refractivity contribution in [2.45, 2.75) is 13.0 Å². The van der Waals surface area contributed by atoms with Crippen molar-refractivity contribution in [2.75, 3.05) is 20.2 Å². The Morgan fingerprint density at radius 2 is 1.92 bits per heavy atom. The molecule has 0 aliphatic heterocycles. The van der Waals surface area contributed by atoms with Gasteiger partial charge < -0.3 is 9.72 Å². The van der Waals surface area contributed by atoms with E-state index < -0.39 is 0 Å². The number of likely N-dealkylation sites (N-methyl/N-ethyl adjacent to an activating group) is 1. The molecule has 0 saturated carbocycles. The number of rotatable bonds is 7. The predicted molar refractivity (Wildman–Crippen MR) is 96.6 cm³/mol. The first kappa shape index (κ1) is 17.2. The molecule has 0 fully saturated rings. The van der Waals surface area contributed by atoms with Gasteiger partial charge in [-0.25, -0.2) is 4.39 Å². The minimum absolute atomic E-state index is 0.0471. The highest BCUT2D eigenvalue weighted by atomic mass is 19.1. The number of para-hydroxylation sites is 2. The standard InChI is InChI=1S/C20H21FN2O2/c1-14(20(24)16-13-22-18-9-5-3-7-15(16)18)23(2)11-12-25-19-10-6-4-8-17(19)21/h3-10,13-14,22H,11-12H2,1-2H3/t14-/m0/s1. The van der Waals surface area contributed by atoms with E-state index in [0.717, 1.165) is 10.9 Å². The van der Waals surface area contributed by atoms with E-state index in [2.05, 4.69) is 4.98 Å². The number of hydrogen-bond acceptors (Lipinski definition) is 3. The largest absolute Gasteiger partial charge is 0.489 e. The third-order valence-corrected chi connectivity index (χ3v) is 4.43. The lowest BCUT2D eigenvalue weighted by Gasteiger charge is -2.23. The lowest BCUT2D eigenvalue weighted by atomic mass is 10.0. The minimum Gasteiger partial charge on any atom is -0.489 e. The van der Waals surface area contributed by atoms with Crippen molar-refractivity contribution in [1.82, 2.24) is 9.88 Å². The van der Waals surface area contributed by atoms with Crippen molar-refractivity contribution >= 4 is 16.7 Å². The van der Waals surface area contributed by atoms with Crippen LogP contribution in [0.3, 0.4) is 0 Å². The zero-order chi connectivity index (χ0) is 17.8. The average Bonchev–Trinajstić information content (AvgIpc) is 3.06. The lowest BCUT2D eigenvalue weighted by molar-refractivity contribution is 0.0854. The molecule has 1 N–H and O–H groups in total. The Labute approximate surface area is 146 Å². The summed E-state index contributed by atoms with van der Waals surface area (Å²) >= 11 is 0. The van der Waals surface area contributed by atoms with Gasteiger partial charge >= 0.3 is 0 Å². The van der Waals surface area contributed by atoms with E-state index in [0.29, 0.717) is 18.7 Å². The Morgan fingerprint density at radius 3 is 2.72 bits per heavy atom. The van der Waals surface area contributed by atoms with Gasteiger partial charge in [0.25, 0.3) is 0 Å². The molecule has 0 aliphatic rings. The number of aromatic amines is 1. The first-order chi connectivity index (χ1) is 12.1. The number of Topliss-reactive ketones (excluding diaryl/α,β-unsaturated/α-hetero) is 1. The number of aromatic nitrogens is 1. The van der Waals surface area contributed by atoms with E-state index in [-0.39, 0.29) is 23.4 Å². The SMILES string of the molecule is C[C@@H](C(=O)c1c[nH]c2ccccc12)N(C)CCOc1ccccc1F. The molecule has 25 heavy (non-hydrogen) atoms. The van der Waals surface area contributed by atoms with Crippen LogP contribution in [0, 0.1) is 5.82 Å². The molecule has 3 aromatic rings. The van der Waals surface area contributed by atoms with Crippen LogP contribution in [0.1, 0.15) is 17.3 Å². The molecule has 1 aromatic heterocycles. The van der Waals surface area contributed by atoms with Crippen LogP contribution in [0.25, 0.3) is 10.9 Å². The molecule has 0 unspecified atom stereocenters. The second-order valence-electron chi connectivity index (χ2n) is 6.05.